The van der Waals surface area contributed by atoms with Gasteiger partial charge in [0.25, 0.3) is 0 Å². The minimum absolute atomic E-state index is 0. The standard InChI is InChI=1S/C13H10N3.CH3.Y/c1-10-7-13-14-8-12(16(13)9-15-10)11-5-3-2-4-6-11;;/h2-3,5-9H,1H3;1H3;/q2*-1;. The van der Waals surface area contributed by atoms with Gasteiger partial charge in [-0.15, -0.1) is 5.56 Å². The van der Waals surface area contributed by atoms with Crippen molar-refractivity contribution in [1.82, 2.24) is 14.4 Å². The minimum atomic E-state index is 0. The van der Waals surface area contributed by atoms with Crippen LogP contribution in [0.3, 0.4) is 0 Å². The van der Waals surface area contributed by atoms with Crippen LogP contribution in [0.2, 0.25) is 0 Å². The summed E-state index contributed by atoms with van der Waals surface area (Å²) in [6, 6.07) is 12.9. The van der Waals surface area contributed by atoms with Crippen molar-refractivity contribution in [3.05, 3.63) is 62.0 Å². The van der Waals surface area contributed by atoms with Crippen LogP contribution < -0.4 is 0 Å². The summed E-state index contributed by atoms with van der Waals surface area (Å²) in [5.74, 6) is 0. The number of aromatic nitrogens is 3. The van der Waals surface area contributed by atoms with E-state index in [2.05, 4.69) is 16.0 Å². The van der Waals surface area contributed by atoms with Gasteiger partial charge in [0.05, 0.1) is 0 Å². The number of fused-ring (bicyclic) bond motifs is 1. The molecule has 3 nitrogen and oxygen atoms in total. The monoisotopic (exact) mass is 312 g/mol. The third-order valence-corrected chi connectivity index (χ3v) is 2.54. The smallest absolute Gasteiger partial charge is 0.139 e. The van der Waals surface area contributed by atoms with Gasteiger partial charge in [-0.3, -0.25) is 4.40 Å². The molecule has 0 amide bonds. The average molecular weight is 312 g/mol. The summed E-state index contributed by atoms with van der Waals surface area (Å²) in [4.78, 5) is 8.64. The van der Waals surface area contributed by atoms with Crippen LogP contribution in [-0.2, 0) is 32.7 Å². The Morgan fingerprint density at radius 1 is 1.28 bits per heavy atom. The molecule has 0 aliphatic rings. The van der Waals surface area contributed by atoms with Crippen molar-refractivity contribution >= 4 is 5.65 Å². The van der Waals surface area contributed by atoms with E-state index in [1.165, 1.54) is 0 Å². The van der Waals surface area contributed by atoms with Crippen LogP contribution in [0.5, 0.6) is 0 Å². The van der Waals surface area contributed by atoms with Crippen molar-refractivity contribution in [3.8, 4) is 11.3 Å². The predicted molar refractivity (Wildman–Crippen MR) is 68.4 cm³/mol. The van der Waals surface area contributed by atoms with Gasteiger partial charge >= 0.3 is 0 Å². The molecule has 1 aromatic carbocycles. The molecular formula is C14H13N3Y-2. The van der Waals surface area contributed by atoms with Crippen LogP contribution in [-0.4, -0.2) is 14.4 Å². The van der Waals surface area contributed by atoms with Crippen molar-refractivity contribution in [2.45, 2.75) is 6.92 Å². The van der Waals surface area contributed by atoms with Gasteiger partial charge in [0.2, 0.25) is 0 Å². The topological polar surface area (TPSA) is 30.2 Å². The van der Waals surface area contributed by atoms with E-state index >= 15 is 0 Å². The molecule has 0 aliphatic heterocycles. The van der Waals surface area contributed by atoms with Crippen molar-refractivity contribution in [2.24, 2.45) is 0 Å². The summed E-state index contributed by atoms with van der Waals surface area (Å²) in [5.41, 5.74) is 4.04. The maximum Gasteiger partial charge on any atom is 0.139 e. The van der Waals surface area contributed by atoms with E-state index in [0.29, 0.717) is 0 Å². The fourth-order valence-electron chi connectivity index (χ4n) is 1.74. The Balaban J connectivity index is 0.000000810. The molecule has 0 bridgehead atoms. The van der Waals surface area contributed by atoms with Gasteiger partial charge in [-0.1, -0.05) is 0 Å². The zero-order valence-electron chi connectivity index (χ0n) is 10.5. The first kappa shape index (κ1) is 15.0. The van der Waals surface area contributed by atoms with Crippen LogP contribution in [0.1, 0.15) is 5.69 Å². The molecule has 3 rings (SSSR count). The van der Waals surface area contributed by atoms with Crippen LogP contribution in [0.15, 0.2) is 42.9 Å². The van der Waals surface area contributed by atoms with Crippen LogP contribution in [0.25, 0.3) is 16.9 Å². The first-order chi connectivity index (χ1) is 7.84. The maximum absolute atomic E-state index is 4.36. The molecule has 2 aromatic heterocycles. The van der Waals surface area contributed by atoms with Gasteiger partial charge in [0.1, 0.15) is 12.0 Å². The molecule has 0 spiro atoms. The average Bonchev–Trinajstić information content (AvgIpc) is 2.73. The number of benzene rings is 1. The second-order valence-corrected chi connectivity index (χ2v) is 3.69. The zero-order valence-corrected chi connectivity index (χ0v) is 13.3. The molecule has 0 unspecified atom stereocenters. The zero-order chi connectivity index (χ0) is 11.0. The molecule has 0 saturated heterocycles. The SMILES string of the molecule is Cc1cc2ncc(-c3c[c-]ccc3)n2cn1.[CH3-].[Y]. The summed E-state index contributed by atoms with van der Waals surface area (Å²) in [5, 5.41) is 0. The number of imidazole rings is 1. The molecule has 0 aliphatic carbocycles. The van der Waals surface area contributed by atoms with E-state index in [9.17, 15) is 0 Å². The van der Waals surface area contributed by atoms with E-state index in [0.717, 1.165) is 22.6 Å². The quantitative estimate of drug-likeness (QED) is 0.647. The number of aryl methyl sites for hydroxylation is 1. The van der Waals surface area contributed by atoms with E-state index in [-0.39, 0.29) is 40.1 Å². The van der Waals surface area contributed by atoms with E-state index < -0.39 is 0 Å². The number of hydrogen-bond acceptors (Lipinski definition) is 2. The molecule has 3 aromatic rings. The summed E-state index contributed by atoms with van der Waals surface area (Å²) in [7, 11) is 0. The normalized spacial score (nSPS) is 9.61. The minimum Gasteiger partial charge on any atom is -0.358 e. The summed E-state index contributed by atoms with van der Waals surface area (Å²) in [6.45, 7) is 1.96. The van der Waals surface area contributed by atoms with E-state index in [4.69, 9.17) is 0 Å². The van der Waals surface area contributed by atoms with Crippen molar-refractivity contribution in [2.75, 3.05) is 0 Å². The fraction of sp³-hybridized carbons (Fsp3) is 0.0714. The second-order valence-electron chi connectivity index (χ2n) is 3.69. The predicted octanol–water partition coefficient (Wildman–Crippen LogP) is 2.95. The Morgan fingerprint density at radius 3 is 2.83 bits per heavy atom. The molecule has 0 N–H and O–H groups in total. The number of rotatable bonds is 1. The van der Waals surface area contributed by atoms with Crippen LogP contribution in [0, 0.1) is 20.4 Å². The molecule has 0 atom stereocenters. The van der Waals surface area contributed by atoms with E-state index in [1.807, 2.05) is 47.9 Å². The molecule has 2 heterocycles. The van der Waals surface area contributed by atoms with Gasteiger partial charge in [-0.2, -0.15) is 30.3 Å². The molecule has 1 radical (unpaired) electrons. The molecule has 89 valence electrons. The van der Waals surface area contributed by atoms with Crippen molar-refractivity contribution in [3.63, 3.8) is 0 Å². The first-order valence-electron chi connectivity index (χ1n) is 5.11. The van der Waals surface area contributed by atoms with Gasteiger partial charge in [0.15, 0.2) is 0 Å². The van der Waals surface area contributed by atoms with E-state index in [1.54, 1.807) is 6.33 Å². The second kappa shape index (κ2) is 6.21. The van der Waals surface area contributed by atoms with Crippen LogP contribution in [0.4, 0.5) is 0 Å². The summed E-state index contributed by atoms with van der Waals surface area (Å²) in [6.07, 6.45) is 3.67. The fourth-order valence-corrected chi connectivity index (χ4v) is 1.74. The van der Waals surface area contributed by atoms with Gasteiger partial charge in [-0.05, 0) is 6.92 Å². The summed E-state index contributed by atoms with van der Waals surface area (Å²) >= 11 is 0. The molecular weight excluding hydrogens is 299 g/mol. The summed E-state index contributed by atoms with van der Waals surface area (Å²) < 4.78 is 1.98. The Kier molecular flexibility index (Phi) is 5.18. The van der Waals surface area contributed by atoms with Crippen molar-refractivity contribution in [1.29, 1.82) is 0 Å². The first-order valence-corrected chi connectivity index (χ1v) is 5.11. The van der Waals surface area contributed by atoms with Gasteiger partial charge in [0, 0.05) is 56.4 Å². The van der Waals surface area contributed by atoms with Crippen LogP contribution >= 0.6 is 0 Å². The molecule has 0 fully saturated rings. The molecule has 4 heteroatoms. The Morgan fingerprint density at radius 2 is 2.11 bits per heavy atom. The Bertz CT molecular complexity index is 632. The van der Waals surface area contributed by atoms with Gasteiger partial charge in [-0.25, -0.2) is 9.97 Å². The third-order valence-electron chi connectivity index (χ3n) is 2.54. The Hall–Kier alpha value is -1.06. The Labute approximate surface area is 132 Å². The van der Waals surface area contributed by atoms with Gasteiger partial charge < -0.3 is 7.43 Å². The number of hydrogen-bond donors (Lipinski definition) is 0. The number of nitrogens with zero attached hydrogens (tertiary/aromatic N) is 3. The van der Waals surface area contributed by atoms with Crippen molar-refractivity contribution < 1.29 is 32.7 Å². The molecule has 0 saturated carbocycles. The largest absolute Gasteiger partial charge is 0.358 e. The third kappa shape index (κ3) is 2.68. The maximum atomic E-state index is 4.36. The molecule has 18 heavy (non-hydrogen) atoms.